The standard InChI is InChI=1S/C31H45N5O4S/c1-4-22-11-12-24-27(17-22)41-29(34-24)18-25(33-28(37)5-2)31(39)35-26(23-9-7-6-8-10-23)19-32-30(38)21(3)20-36-13-15-40-16-14-36/h11-12,17,23,25-26H,3-10,13-16,18-20H2,1-2H3,(H,32,38)(H,33,37)(H,35,39)/t25-,26+/m0/s1. The number of carbonyl (C=O) groups is 3. The maximum atomic E-state index is 13.7. The topological polar surface area (TPSA) is 113 Å². The molecule has 0 radical (unpaired) electrons. The van der Waals surface area contributed by atoms with E-state index in [1.54, 1.807) is 18.3 Å². The highest BCUT2D eigenvalue weighted by Crippen LogP contribution is 2.27. The van der Waals surface area contributed by atoms with E-state index in [1.165, 1.54) is 12.0 Å². The maximum absolute atomic E-state index is 13.7. The highest BCUT2D eigenvalue weighted by atomic mass is 32.1. The predicted molar refractivity (Wildman–Crippen MR) is 163 cm³/mol. The molecule has 3 N–H and O–H groups in total. The fourth-order valence-electron chi connectivity index (χ4n) is 5.59. The minimum Gasteiger partial charge on any atom is -0.379 e. The quantitative estimate of drug-likeness (QED) is 0.312. The molecule has 2 heterocycles. The Kier molecular flexibility index (Phi) is 11.7. The van der Waals surface area contributed by atoms with E-state index in [0.717, 1.165) is 60.4 Å². The van der Waals surface area contributed by atoms with E-state index >= 15 is 0 Å². The van der Waals surface area contributed by atoms with Crippen LogP contribution in [0.15, 0.2) is 30.4 Å². The SMILES string of the molecule is C=C(CN1CCOCC1)C(=O)NC[C@@H](NC(=O)[C@H](Cc1nc2ccc(CC)cc2s1)NC(=O)CC)C1CCCCC1. The van der Waals surface area contributed by atoms with Gasteiger partial charge in [0.05, 0.1) is 28.4 Å². The van der Waals surface area contributed by atoms with Gasteiger partial charge in [-0.1, -0.05) is 45.8 Å². The average Bonchev–Trinajstić information content (AvgIpc) is 3.40. The van der Waals surface area contributed by atoms with Crippen molar-refractivity contribution in [3.8, 4) is 0 Å². The van der Waals surface area contributed by atoms with Crippen LogP contribution in [-0.2, 0) is 32.0 Å². The van der Waals surface area contributed by atoms with Gasteiger partial charge in [0.15, 0.2) is 0 Å². The van der Waals surface area contributed by atoms with Crippen molar-refractivity contribution in [1.29, 1.82) is 0 Å². The molecule has 2 aromatic rings. The zero-order valence-corrected chi connectivity index (χ0v) is 25.3. The van der Waals surface area contributed by atoms with Crippen LogP contribution in [0.3, 0.4) is 0 Å². The Morgan fingerprint density at radius 3 is 2.59 bits per heavy atom. The summed E-state index contributed by atoms with van der Waals surface area (Å²) in [7, 11) is 0. The van der Waals surface area contributed by atoms with Crippen molar-refractivity contribution in [3.63, 3.8) is 0 Å². The molecule has 1 saturated carbocycles. The summed E-state index contributed by atoms with van der Waals surface area (Å²) in [6.07, 6.45) is 6.95. The van der Waals surface area contributed by atoms with Crippen LogP contribution in [0, 0.1) is 5.92 Å². The summed E-state index contributed by atoms with van der Waals surface area (Å²) in [6.45, 7) is 11.6. The third-order valence-electron chi connectivity index (χ3n) is 8.13. The van der Waals surface area contributed by atoms with Crippen LogP contribution in [0.4, 0.5) is 0 Å². The van der Waals surface area contributed by atoms with Crippen LogP contribution in [-0.4, -0.2) is 79.1 Å². The molecule has 1 aliphatic carbocycles. The lowest BCUT2D eigenvalue weighted by molar-refractivity contribution is -0.129. The molecule has 9 nitrogen and oxygen atoms in total. The molecule has 41 heavy (non-hydrogen) atoms. The van der Waals surface area contributed by atoms with Crippen LogP contribution >= 0.6 is 11.3 Å². The third-order valence-corrected chi connectivity index (χ3v) is 9.17. The number of hydrogen-bond acceptors (Lipinski definition) is 7. The number of hydrogen-bond donors (Lipinski definition) is 3. The van der Waals surface area contributed by atoms with E-state index in [9.17, 15) is 14.4 Å². The largest absolute Gasteiger partial charge is 0.379 e. The number of nitrogens with zero attached hydrogens (tertiary/aromatic N) is 2. The second kappa shape index (κ2) is 15.4. The summed E-state index contributed by atoms with van der Waals surface area (Å²) >= 11 is 1.56. The summed E-state index contributed by atoms with van der Waals surface area (Å²) in [5.41, 5.74) is 2.66. The lowest BCUT2D eigenvalue weighted by atomic mass is 9.83. The number of fused-ring (bicyclic) bond motifs is 1. The monoisotopic (exact) mass is 583 g/mol. The van der Waals surface area contributed by atoms with E-state index in [1.807, 2.05) is 6.07 Å². The molecule has 1 aliphatic heterocycles. The second-order valence-electron chi connectivity index (χ2n) is 11.2. The number of benzene rings is 1. The molecule has 1 aromatic carbocycles. The number of morpholine rings is 1. The van der Waals surface area contributed by atoms with Crippen LogP contribution < -0.4 is 16.0 Å². The van der Waals surface area contributed by atoms with E-state index in [0.29, 0.717) is 38.3 Å². The van der Waals surface area contributed by atoms with Gasteiger partial charge in [-0.2, -0.15) is 0 Å². The van der Waals surface area contributed by atoms with Gasteiger partial charge >= 0.3 is 0 Å². The number of rotatable bonds is 13. The number of carbonyl (C=O) groups excluding carboxylic acids is 3. The predicted octanol–water partition coefficient (Wildman–Crippen LogP) is 3.37. The van der Waals surface area contributed by atoms with Gasteiger partial charge in [-0.15, -0.1) is 11.3 Å². The van der Waals surface area contributed by atoms with Crippen molar-refractivity contribution < 1.29 is 19.1 Å². The molecule has 1 saturated heterocycles. The van der Waals surface area contributed by atoms with Gasteiger partial charge in [0.2, 0.25) is 17.7 Å². The number of ether oxygens (including phenoxy) is 1. The Morgan fingerprint density at radius 1 is 1.12 bits per heavy atom. The Hall–Kier alpha value is -2.82. The zero-order chi connectivity index (χ0) is 29.2. The van der Waals surface area contributed by atoms with Gasteiger partial charge < -0.3 is 20.7 Å². The van der Waals surface area contributed by atoms with Gasteiger partial charge in [0.1, 0.15) is 6.04 Å². The first-order chi connectivity index (χ1) is 19.9. The number of aryl methyl sites for hydroxylation is 1. The van der Waals surface area contributed by atoms with Crippen LogP contribution in [0.25, 0.3) is 10.2 Å². The Morgan fingerprint density at radius 2 is 1.88 bits per heavy atom. The summed E-state index contributed by atoms with van der Waals surface area (Å²) in [5, 5.41) is 9.98. The first kappa shape index (κ1) is 31.1. The van der Waals surface area contributed by atoms with Gasteiger partial charge in [-0.3, -0.25) is 19.3 Å². The van der Waals surface area contributed by atoms with Crippen LogP contribution in [0.5, 0.6) is 0 Å². The fraction of sp³-hybridized carbons (Fsp3) is 0.613. The minimum absolute atomic E-state index is 0.179. The lowest BCUT2D eigenvalue weighted by Crippen LogP contribution is -2.55. The summed E-state index contributed by atoms with van der Waals surface area (Å²) in [6, 6.07) is 5.26. The first-order valence-corrected chi connectivity index (χ1v) is 15.9. The molecule has 4 rings (SSSR count). The number of amides is 3. The van der Waals surface area contributed by atoms with Crippen LogP contribution in [0.1, 0.15) is 62.9 Å². The van der Waals surface area contributed by atoms with Crippen molar-refractivity contribution in [1.82, 2.24) is 25.8 Å². The molecule has 3 amide bonds. The molecule has 10 heteroatoms. The van der Waals surface area contributed by atoms with Crippen molar-refractivity contribution in [2.45, 2.75) is 77.3 Å². The summed E-state index contributed by atoms with van der Waals surface area (Å²) in [4.78, 5) is 46.0. The number of aromatic nitrogens is 1. The molecule has 0 bridgehead atoms. The minimum atomic E-state index is -0.744. The Bertz CT molecular complexity index is 1200. The first-order valence-electron chi connectivity index (χ1n) is 15.1. The number of nitrogens with one attached hydrogen (secondary N) is 3. The molecule has 2 atom stereocenters. The second-order valence-corrected chi connectivity index (χ2v) is 12.3. The Labute approximate surface area is 247 Å². The van der Waals surface area contributed by atoms with Crippen LogP contribution in [0.2, 0.25) is 0 Å². The highest BCUT2D eigenvalue weighted by molar-refractivity contribution is 7.18. The maximum Gasteiger partial charge on any atom is 0.247 e. The van der Waals surface area contributed by atoms with E-state index in [-0.39, 0.29) is 36.1 Å². The van der Waals surface area contributed by atoms with Gasteiger partial charge in [0, 0.05) is 50.6 Å². The van der Waals surface area contributed by atoms with E-state index in [4.69, 9.17) is 9.72 Å². The molecular formula is C31H45N5O4S. The average molecular weight is 584 g/mol. The molecule has 2 aliphatic rings. The normalized spacial score (nSPS) is 18.0. The number of thiazole rings is 1. The zero-order valence-electron chi connectivity index (χ0n) is 24.5. The molecule has 1 aromatic heterocycles. The van der Waals surface area contributed by atoms with Crippen molar-refractivity contribution >= 4 is 39.3 Å². The van der Waals surface area contributed by atoms with Gasteiger partial charge in [-0.05, 0) is 42.9 Å². The highest BCUT2D eigenvalue weighted by Gasteiger charge is 2.30. The molecule has 0 unspecified atom stereocenters. The summed E-state index contributed by atoms with van der Waals surface area (Å²) in [5.74, 6) is -0.347. The lowest BCUT2D eigenvalue weighted by Gasteiger charge is -2.32. The van der Waals surface area contributed by atoms with Gasteiger partial charge in [-0.25, -0.2) is 4.98 Å². The third kappa shape index (κ3) is 9.08. The van der Waals surface area contributed by atoms with Crippen molar-refractivity contribution in [2.24, 2.45) is 5.92 Å². The van der Waals surface area contributed by atoms with Crippen molar-refractivity contribution in [2.75, 3.05) is 39.4 Å². The molecular weight excluding hydrogens is 538 g/mol. The van der Waals surface area contributed by atoms with E-state index in [2.05, 4.69) is 46.5 Å². The molecule has 0 spiro atoms. The fourth-order valence-corrected chi connectivity index (χ4v) is 6.66. The van der Waals surface area contributed by atoms with Gasteiger partial charge in [0.25, 0.3) is 0 Å². The van der Waals surface area contributed by atoms with Crippen molar-refractivity contribution in [3.05, 3.63) is 40.9 Å². The smallest absolute Gasteiger partial charge is 0.247 e. The summed E-state index contributed by atoms with van der Waals surface area (Å²) < 4.78 is 6.48. The Balaban J connectivity index is 1.43. The van der Waals surface area contributed by atoms with E-state index < -0.39 is 6.04 Å². The molecule has 2 fully saturated rings. The molecule has 224 valence electrons.